The van der Waals surface area contributed by atoms with Gasteiger partial charge in [0.1, 0.15) is 22.7 Å². The molecule has 8 fully saturated rings. The van der Waals surface area contributed by atoms with Crippen molar-refractivity contribution in [3.05, 3.63) is 78.9 Å². The second-order valence-corrected chi connectivity index (χ2v) is 21.5. The molecule has 0 atom stereocenters. The summed E-state index contributed by atoms with van der Waals surface area (Å²) in [6.07, 6.45) is 15.3. The van der Waals surface area contributed by atoms with Crippen molar-refractivity contribution in [2.75, 3.05) is 13.2 Å². The molecule has 0 aromatic heterocycles. The summed E-state index contributed by atoms with van der Waals surface area (Å²) in [5.41, 5.74) is -0.780. The molecular weight excluding hydrogens is 705 g/mol. The maximum Gasteiger partial charge on any atom is 0.344 e. The van der Waals surface area contributed by atoms with Gasteiger partial charge in [0.05, 0.1) is 10.9 Å². The number of ether oxygens (including phenoxy) is 4. The third-order valence-corrected chi connectivity index (χ3v) is 17.4. The quantitative estimate of drug-likeness (QED) is 0.128. The predicted molar refractivity (Wildman–Crippen MR) is 214 cm³/mol. The van der Waals surface area contributed by atoms with Gasteiger partial charge in [-0.2, -0.15) is 0 Å². The van der Waals surface area contributed by atoms with Crippen LogP contribution in [-0.4, -0.2) is 36.4 Å². The van der Waals surface area contributed by atoms with E-state index < -0.39 is 11.2 Å². The third kappa shape index (κ3) is 7.21. The second kappa shape index (κ2) is 14.2. The van der Waals surface area contributed by atoms with Crippen LogP contribution in [0, 0.1) is 46.3 Å². The van der Waals surface area contributed by atoms with Gasteiger partial charge in [0, 0.05) is 10.8 Å². The van der Waals surface area contributed by atoms with Gasteiger partial charge in [0.25, 0.3) is 0 Å². The maximum absolute atomic E-state index is 13.2. The highest BCUT2D eigenvalue weighted by Gasteiger charge is 2.60. The van der Waals surface area contributed by atoms with Crippen LogP contribution in [0.2, 0.25) is 0 Å². The first-order valence-electron chi connectivity index (χ1n) is 21.1. The lowest BCUT2D eigenvalue weighted by atomic mass is 9.46. The van der Waals surface area contributed by atoms with Crippen LogP contribution < -0.4 is 9.47 Å². The van der Waals surface area contributed by atoms with E-state index in [1.54, 1.807) is 0 Å². The average Bonchev–Trinajstić information content (AvgIpc) is 3.13. The van der Waals surface area contributed by atoms with Gasteiger partial charge in [-0.3, -0.25) is 0 Å². The first kappa shape index (κ1) is 37.1. The number of esters is 2. The topological polar surface area (TPSA) is 71.1 Å². The molecule has 0 unspecified atom stereocenters. The molecule has 55 heavy (non-hydrogen) atoms. The molecule has 0 N–H and O–H groups in total. The molecule has 0 radical (unpaired) electrons. The number of hydrogen-bond donors (Lipinski definition) is 0. The van der Waals surface area contributed by atoms with Gasteiger partial charge in [-0.1, -0.05) is 18.2 Å². The van der Waals surface area contributed by atoms with Crippen molar-refractivity contribution in [2.24, 2.45) is 46.3 Å². The highest BCUT2D eigenvalue weighted by Crippen LogP contribution is 2.65. The monoisotopic (exact) mass is 763 g/mol. The lowest BCUT2D eigenvalue weighted by molar-refractivity contribution is -0.200. The minimum Gasteiger partial charge on any atom is -0.482 e. The van der Waals surface area contributed by atoms with Gasteiger partial charge in [0.2, 0.25) is 0 Å². The Morgan fingerprint density at radius 2 is 0.818 bits per heavy atom. The van der Waals surface area contributed by atoms with E-state index in [9.17, 15) is 9.59 Å². The van der Waals surface area contributed by atoms with Crippen LogP contribution in [0.4, 0.5) is 0 Å². The third-order valence-electron chi connectivity index (χ3n) is 15.2. The minimum absolute atomic E-state index is 0.103. The van der Waals surface area contributed by atoms with Gasteiger partial charge in [-0.25, -0.2) is 9.59 Å². The highest BCUT2D eigenvalue weighted by atomic mass is 32.2. The lowest BCUT2D eigenvalue weighted by Crippen LogP contribution is -2.57. The Labute approximate surface area is 330 Å². The molecule has 7 heteroatoms. The van der Waals surface area contributed by atoms with Crippen molar-refractivity contribution in [1.82, 2.24) is 0 Å². The van der Waals surface area contributed by atoms with Crippen LogP contribution in [0.25, 0.3) is 0 Å². The van der Waals surface area contributed by atoms with Crippen molar-refractivity contribution in [1.29, 1.82) is 0 Å². The van der Waals surface area contributed by atoms with Crippen molar-refractivity contribution < 1.29 is 28.5 Å². The van der Waals surface area contributed by atoms with Gasteiger partial charge in [0.15, 0.2) is 27.9 Å². The van der Waals surface area contributed by atoms with E-state index in [2.05, 4.69) is 76.2 Å². The van der Waals surface area contributed by atoms with Crippen LogP contribution in [0.3, 0.4) is 0 Å². The fraction of sp³-hybridized carbons (Fsp3) is 0.583. The summed E-state index contributed by atoms with van der Waals surface area (Å²) in [5.74, 6) is 5.50. The van der Waals surface area contributed by atoms with Crippen LogP contribution in [-0.2, 0) is 30.0 Å². The molecule has 0 saturated heterocycles. The van der Waals surface area contributed by atoms with E-state index in [0.29, 0.717) is 11.5 Å². The molecule has 3 aromatic rings. The van der Waals surface area contributed by atoms with Gasteiger partial charge >= 0.3 is 11.9 Å². The summed E-state index contributed by atoms with van der Waals surface area (Å²) in [5, 5.41) is 0. The maximum atomic E-state index is 13.2. The van der Waals surface area contributed by atoms with Crippen LogP contribution in [0.15, 0.2) is 93.5 Å². The van der Waals surface area contributed by atoms with E-state index in [1.165, 1.54) is 81.9 Å². The molecule has 0 amide bonds. The van der Waals surface area contributed by atoms with Gasteiger partial charge in [-0.05, 0) is 201 Å². The Kier molecular flexibility index (Phi) is 9.58. The number of hydrogen-bond acceptors (Lipinski definition) is 6. The smallest absolute Gasteiger partial charge is 0.344 e. The fourth-order valence-corrected chi connectivity index (χ4v) is 15.2. The first-order chi connectivity index (χ1) is 26.4. The zero-order chi connectivity index (χ0) is 38.0. The van der Waals surface area contributed by atoms with Crippen molar-refractivity contribution in [2.45, 2.75) is 131 Å². The van der Waals surface area contributed by atoms with Gasteiger partial charge in [-0.15, -0.1) is 0 Å². The Morgan fingerprint density at radius 3 is 1.15 bits per heavy atom. The number of benzene rings is 3. The molecule has 0 spiro atoms. The summed E-state index contributed by atoms with van der Waals surface area (Å²) < 4.78 is 24.5. The van der Waals surface area contributed by atoms with Crippen LogP contribution in [0.1, 0.15) is 105 Å². The zero-order valence-corrected chi connectivity index (χ0v) is 34.0. The van der Waals surface area contributed by atoms with Gasteiger partial charge < -0.3 is 18.9 Å². The lowest BCUT2D eigenvalue weighted by Gasteiger charge is -2.61. The second-order valence-electron chi connectivity index (χ2n) is 19.5. The highest BCUT2D eigenvalue weighted by molar-refractivity contribution is 7.97. The molecule has 0 heterocycles. The molecule has 292 valence electrons. The first-order valence-corrected chi connectivity index (χ1v) is 22.3. The Bertz CT molecular complexity index is 1680. The van der Waals surface area contributed by atoms with Crippen molar-refractivity contribution in [3.8, 4) is 11.5 Å². The summed E-state index contributed by atoms with van der Waals surface area (Å²) in [6, 6.07) is 26.6. The Morgan fingerprint density at radius 1 is 0.509 bits per heavy atom. The van der Waals surface area contributed by atoms with Crippen molar-refractivity contribution in [3.63, 3.8) is 0 Å². The summed E-state index contributed by atoms with van der Waals surface area (Å²) >= 11 is 0. The zero-order valence-electron chi connectivity index (χ0n) is 33.2. The van der Waals surface area contributed by atoms with E-state index >= 15 is 0 Å². The molecule has 11 rings (SSSR count). The molecule has 8 aliphatic rings. The molecule has 8 saturated carbocycles. The van der Waals surface area contributed by atoms with E-state index in [4.69, 9.17) is 18.9 Å². The molecule has 8 aliphatic carbocycles. The standard InChI is InChI=1S/C48H59O6S/c1-45(2,47-24-32-18-33(25-47)20-34(19-32)26-47)53-43(49)30-51-38-10-14-41(15-11-38)55(40-8-6-5-7-9-40)42-16-12-39(13-17-42)52-31-44(50)54-46(3,4)48-27-35-21-36(28-48)23-37(22-35)29-48/h5-17,32-37H,18-31H2,1-4H3/q+1. The largest absolute Gasteiger partial charge is 0.482 e. The Balaban J connectivity index is 0.814. The van der Waals surface area contributed by atoms with E-state index in [1.807, 2.05) is 30.3 Å². The fourth-order valence-electron chi connectivity index (χ4n) is 13.1. The summed E-state index contributed by atoms with van der Waals surface area (Å²) in [6.45, 7) is 8.33. The molecular formula is C48H59O6S+. The molecule has 3 aromatic carbocycles. The Hall–Kier alpha value is -3.45. The van der Waals surface area contributed by atoms with E-state index in [-0.39, 0.29) is 46.9 Å². The summed E-state index contributed by atoms with van der Waals surface area (Å²) in [4.78, 5) is 29.8. The predicted octanol–water partition coefficient (Wildman–Crippen LogP) is 10.6. The number of rotatable bonds is 13. The van der Waals surface area contributed by atoms with E-state index in [0.717, 1.165) is 45.3 Å². The molecule has 0 aliphatic heterocycles. The normalized spacial score (nSPS) is 32.2. The SMILES string of the molecule is CC(C)(OC(=O)COc1ccc([S+](c2ccccc2)c2ccc(OCC(=O)OC(C)(C)C34CC5CC(CC(C5)C3)C4)cc2)cc1)C12CC3CC(CC(C3)C1)C2. The van der Waals surface area contributed by atoms with Crippen LogP contribution >= 0.6 is 0 Å². The van der Waals surface area contributed by atoms with Crippen LogP contribution in [0.5, 0.6) is 11.5 Å². The summed E-state index contributed by atoms with van der Waals surface area (Å²) in [7, 11) is -0.389. The number of carbonyl (C=O) groups excluding carboxylic acids is 2. The minimum atomic E-state index is -0.494. The molecule has 8 bridgehead atoms. The molecule has 6 nitrogen and oxygen atoms in total. The number of carbonyl (C=O) groups is 2. The average molecular weight is 764 g/mol. The van der Waals surface area contributed by atoms with Crippen molar-refractivity contribution >= 4 is 22.8 Å².